The second kappa shape index (κ2) is 7.94. The quantitative estimate of drug-likeness (QED) is 0.565. The monoisotopic (exact) mass is 202 g/mol. The number of Topliss-reactive ketones (excluding diaryl/α,β-unsaturated/α-hetero) is 1. The van der Waals surface area contributed by atoms with Gasteiger partial charge in [-0.2, -0.15) is 0 Å². The van der Waals surface area contributed by atoms with Crippen molar-refractivity contribution in [2.75, 3.05) is 20.3 Å². The third-order valence-corrected chi connectivity index (χ3v) is 2.14. The molecule has 0 aliphatic heterocycles. The zero-order valence-corrected chi connectivity index (χ0v) is 9.71. The van der Waals surface area contributed by atoms with Crippen LogP contribution in [0.25, 0.3) is 0 Å². The van der Waals surface area contributed by atoms with E-state index in [4.69, 9.17) is 9.47 Å². The van der Waals surface area contributed by atoms with Crippen molar-refractivity contribution in [1.29, 1.82) is 0 Å². The van der Waals surface area contributed by atoms with Gasteiger partial charge in [0.15, 0.2) is 0 Å². The van der Waals surface area contributed by atoms with Crippen LogP contribution in [0.15, 0.2) is 0 Å². The Bertz CT molecular complexity index is 155. The van der Waals surface area contributed by atoms with Crippen LogP contribution in [0, 0.1) is 5.92 Å². The van der Waals surface area contributed by atoms with Gasteiger partial charge in [0.25, 0.3) is 0 Å². The van der Waals surface area contributed by atoms with Crippen molar-refractivity contribution in [2.24, 2.45) is 5.92 Å². The Labute approximate surface area is 86.8 Å². The summed E-state index contributed by atoms with van der Waals surface area (Å²) in [6, 6.07) is 0. The lowest BCUT2D eigenvalue weighted by atomic mass is 10.0. The minimum absolute atomic E-state index is 0.175. The summed E-state index contributed by atoms with van der Waals surface area (Å²) in [5.74, 6) is 0.678. The molecule has 3 nitrogen and oxygen atoms in total. The summed E-state index contributed by atoms with van der Waals surface area (Å²) in [5.41, 5.74) is 0. The summed E-state index contributed by atoms with van der Waals surface area (Å²) in [5, 5.41) is 0. The normalized spacial score (nSPS) is 13.2. The Kier molecular flexibility index (Phi) is 7.71. The maximum absolute atomic E-state index is 10.8. The Morgan fingerprint density at radius 3 is 2.36 bits per heavy atom. The Hall–Kier alpha value is -0.410. The van der Waals surface area contributed by atoms with Crippen molar-refractivity contribution in [3.05, 3.63) is 0 Å². The molecule has 0 spiro atoms. The molecule has 0 heterocycles. The predicted octanol–water partition coefficient (Wildman–Crippen LogP) is 2.04. The first-order valence-electron chi connectivity index (χ1n) is 5.18. The van der Waals surface area contributed by atoms with E-state index in [2.05, 4.69) is 13.8 Å². The van der Waals surface area contributed by atoms with E-state index in [0.29, 0.717) is 25.6 Å². The van der Waals surface area contributed by atoms with Gasteiger partial charge in [-0.25, -0.2) is 0 Å². The molecule has 0 aliphatic rings. The van der Waals surface area contributed by atoms with Crippen LogP contribution in [-0.4, -0.2) is 32.2 Å². The summed E-state index contributed by atoms with van der Waals surface area (Å²) in [7, 11) is 1.66. The van der Waals surface area contributed by atoms with Crippen molar-refractivity contribution in [3.8, 4) is 0 Å². The van der Waals surface area contributed by atoms with Gasteiger partial charge >= 0.3 is 0 Å². The molecule has 0 aromatic rings. The molecule has 0 aromatic heterocycles. The van der Waals surface area contributed by atoms with Crippen LogP contribution >= 0.6 is 0 Å². The Morgan fingerprint density at radius 1 is 1.29 bits per heavy atom. The van der Waals surface area contributed by atoms with Gasteiger partial charge in [-0.15, -0.1) is 0 Å². The van der Waals surface area contributed by atoms with Gasteiger partial charge < -0.3 is 14.3 Å². The molecule has 0 rings (SSSR count). The molecule has 0 bridgehead atoms. The van der Waals surface area contributed by atoms with Crippen LogP contribution in [0.5, 0.6) is 0 Å². The molecule has 0 amide bonds. The topological polar surface area (TPSA) is 35.5 Å². The molecular formula is C11H22O3. The first-order valence-corrected chi connectivity index (χ1v) is 5.18. The number of methoxy groups -OCH3 is 1. The SMILES string of the molecule is COCCOC(CCC(C)=O)C(C)C. The van der Waals surface area contributed by atoms with Gasteiger partial charge in [0.1, 0.15) is 5.78 Å². The lowest BCUT2D eigenvalue weighted by Crippen LogP contribution is -2.22. The molecule has 84 valence electrons. The lowest BCUT2D eigenvalue weighted by Gasteiger charge is -2.20. The van der Waals surface area contributed by atoms with Crippen molar-refractivity contribution < 1.29 is 14.3 Å². The van der Waals surface area contributed by atoms with Crippen LogP contribution in [0.4, 0.5) is 0 Å². The molecule has 0 aliphatic carbocycles. The summed E-state index contributed by atoms with van der Waals surface area (Å²) >= 11 is 0. The second-order valence-corrected chi connectivity index (χ2v) is 3.89. The molecule has 0 aromatic carbocycles. The van der Waals surface area contributed by atoms with Gasteiger partial charge in [-0.05, 0) is 19.3 Å². The van der Waals surface area contributed by atoms with Crippen LogP contribution in [0.1, 0.15) is 33.6 Å². The van der Waals surface area contributed by atoms with E-state index in [-0.39, 0.29) is 11.9 Å². The standard InChI is InChI=1S/C11H22O3/c1-9(2)11(6-5-10(3)12)14-8-7-13-4/h9,11H,5-8H2,1-4H3. The number of carbonyl (C=O) groups excluding carboxylic acids is 1. The molecule has 0 saturated heterocycles. The highest BCUT2D eigenvalue weighted by Gasteiger charge is 2.14. The largest absolute Gasteiger partial charge is 0.382 e. The molecule has 0 N–H and O–H groups in total. The van der Waals surface area contributed by atoms with Gasteiger partial charge in [-0.3, -0.25) is 0 Å². The molecule has 1 atom stereocenters. The van der Waals surface area contributed by atoms with Crippen molar-refractivity contribution >= 4 is 5.78 Å². The van der Waals surface area contributed by atoms with E-state index in [9.17, 15) is 4.79 Å². The third-order valence-electron chi connectivity index (χ3n) is 2.14. The fourth-order valence-corrected chi connectivity index (χ4v) is 1.24. The van der Waals surface area contributed by atoms with E-state index >= 15 is 0 Å². The number of hydrogen-bond donors (Lipinski definition) is 0. The molecule has 0 saturated carbocycles. The van der Waals surface area contributed by atoms with Gasteiger partial charge in [0.2, 0.25) is 0 Å². The zero-order valence-electron chi connectivity index (χ0n) is 9.71. The fourth-order valence-electron chi connectivity index (χ4n) is 1.24. The smallest absolute Gasteiger partial charge is 0.129 e. The predicted molar refractivity (Wildman–Crippen MR) is 56.4 cm³/mol. The highest BCUT2D eigenvalue weighted by Crippen LogP contribution is 2.13. The van der Waals surface area contributed by atoms with Crippen LogP contribution in [0.3, 0.4) is 0 Å². The molecule has 0 fully saturated rings. The Balaban J connectivity index is 3.72. The minimum Gasteiger partial charge on any atom is -0.382 e. The highest BCUT2D eigenvalue weighted by atomic mass is 16.5. The van der Waals surface area contributed by atoms with Crippen molar-refractivity contribution in [3.63, 3.8) is 0 Å². The van der Waals surface area contributed by atoms with Gasteiger partial charge in [-0.1, -0.05) is 13.8 Å². The fraction of sp³-hybridized carbons (Fsp3) is 0.909. The molecule has 3 heteroatoms. The lowest BCUT2D eigenvalue weighted by molar-refractivity contribution is -0.118. The van der Waals surface area contributed by atoms with Crippen molar-refractivity contribution in [1.82, 2.24) is 0 Å². The van der Waals surface area contributed by atoms with Crippen molar-refractivity contribution in [2.45, 2.75) is 39.7 Å². The first kappa shape index (κ1) is 13.6. The number of carbonyl (C=O) groups is 1. The van der Waals surface area contributed by atoms with E-state index in [1.54, 1.807) is 14.0 Å². The number of ether oxygens (including phenoxy) is 2. The second-order valence-electron chi connectivity index (χ2n) is 3.89. The molecule has 0 radical (unpaired) electrons. The number of rotatable bonds is 8. The summed E-state index contributed by atoms with van der Waals surface area (Å²) in [4.78, 5) is 10.8. The molecule has 1 unspecified atom stereocenters. The molecular weight excluding hydrogens is 180 g/mol. The van der Waals surface area contributed by atoms with Gasteiger partial charge in [0.05, 0.1) is 19.3 Å². The number of ketones is 1. The zero-order chi connectivity index (χ0) is 11.0. The third kappa shape index (κ3) is 7.04. The maximum Gasteiger partial charge on any atom is 0.129 e. The Morgan fingerprint density at radius 2 is 1.93 bits per heavy atom. The highest BCUT2D eigenvalue weighted by molar-refractivity contribution is 5.75. The number of hydrogen-bond acceptors (Lipinski definition) is 3. The van der Waals surface area contributed by atoms with Crippen LogP contribution in [0.2, 0.25) is 0 Å². The summed E-state index contributed by atoms with van der Waals surface area (Å²) in [6.45, 7) is 7.06. The average Bonchev–Trinajstić information content (AvgIpc) is 2.10. The summed E-state index contributed by atoms with van der Waals surface area (Å²) < 4.78 is 10.5. The van der Waals surface area contributed by atoms with E-state index < -0.39 is 0 Å². The minimum atomic E-state index is 0.175. The summed E-state index contributed by atoms with van der Waals surface area (Å²) in [6.07, 6.45) is 1.60. The molecule has 14 heavy (non-hydrogen) atoms. The van der Waals surface area contributed by atoms with E-state index in [1.807, 2.05) is 0 Å². The van der Waals surface area contributed by atoms with Crippen LogP contribution in [-0.2, 0) is 14.3 Å². The first-order chi connectivity index (χ1) is 6.57. The van der Waals surface area contributed by atoms with E-state index in [1.165, 1.54) is 0 Å². The van der Waals surface area contributed by atoms with Crippen LogP contribution < -0.4 is 0 Å². The van der Waals surface area contributed by atoms with Gasteiger partial charge in [0, 0.05) is 13.5 Å². The van der Waals surface area contributed by atoms with E-state index in [0.717, 1.165) is 6.42 Å². The maximum atomic E-state index is 10.8. The average molecular weight is 202 g/mol.